The zero-order valence-corrected chi connectivity index (χ0v) is 11.8. The summed E-state index contributed by atoms with van der Waals surface area (Å²) in [7, 11) is 4.33. The number of nitrogens with zero attached hydrogens (tertiary/aromatic N) is 2. The molecule has 0 radical (unpaired) electrons. The molecule has 1 aliphatic rings. The number of nitrogens with one attached hydrogen (secondary N) is 1. The van der Waals surface area contributed by atoms with Crippen molar-refractivity contribution in [1.29, 1.82) is 0 Å². The average Bonchev–Trinajstić information content (AvgIpc) is 2.60. The molecular formula is C13H29N3O. The van der Waals surface area contributed by atoms with Crippen molar-refractivity contribution >= 4 is 0 Å². The Labute approximate surface area is 106 Å². The maximum absolute atomic E-state index is 9.06. The summed E-state index contributed by atoms with van der Waals surface area (Å²) in [6.45, 7) is 9.10. The van der Waals surface area contributed by atoms with Crippen molar-refractivity contribution in [3.8, 4) is 0 Å². The van der Waals surface area contributed by atoms with Crippen LogP contribution in [0.5, 0.6) is 0 Å². The van der Waals surface area contributed by atoms with E-state index in [4.69, 9.17) is 5.11 Å². The van der Waals surface area contributed by atoms with Crippen LogP contribution in [-0.2, 0) is 0 Å². The van der Waals surface area contributed by atoms with Gasteiger partial charge in [0.1, 0.15) is 0 Å². The summed E-state index contributed by atoms with van der Waals surface area (Å²) in [5.74, 6) is 0.737. The molecule has 0 aromatic rings. The Bertz CT molecular complexity index is 205. The normalized spacial score (nSPS) is 27.9. The van der Waals surface area contributed by atoms with Gasteiger partial charge in [-0.2, -0.15) is 0 Å². The van der Waals surface area contributed by atoms with Crippen molar-refractivity contribution in [2.75, 3.05) is 46.9 Å². The van der Waals surface area contributed by atoms with Gasteiger partial charge in [0, 0.05) is 38.3 Å². The van der Waals surface area contributed by atoms with Crippen LogP contribution in [0.4, 0.5) is 0 Å². The summed E-state index contributed by atoms with van der Waals surface area (Å²) in [6.07, 6.45) is 0.853. The van der Waals surface area contributed by atoms with Crippen molar-refractivity contribution in [1.82, 2.24) is 15.1 Å². The quantitative estimate of drug-likeness (QED) is 0.671. The predicted octanol–water partition coefficient (Wildman–Crippen LogP) is 0.229. The van der Waals surface area contributed by atoms with Gasteiger partial charge in [-0.15, -0.1) is 0 Å². The standard InChI is InChI=1S/C13H29N3O/c1-5-14-12(6-7-17)9-16-8-11(2)13(10-16)15(3)4/h11-14,17H,5-10H2,1-4H3. The minimum atomic E-state index is 0.276. The molecule has 3 atom stereocenters. The largest absolute Gasteiger partial charge is 0.396 e. The first-order valence-electron chi connectivity index (χ1n) is 6.81. The monoisotopic (exact) mass is 243 g/mol. The van der Waals surface area contributed by atoms with Crippen LogP contribution in [-0.4, -0.2) is 73.9 Å². The molecule has 1 saturated heterocycles. The smallest absolute Gasteiger partial charge is 0.0446 e. The van der Waals surface area contributed by atoms with Crippen molar-refractivity contribution in [3.05, 3.63) is 0 Å². The minimum Gasteiger partial charge on any atom is -0.396 e. The molecule has 17 heavy (non-hydrogen) atoms. The van der Waals surface area contributed by atoms with E-state index in [0.29, 0.717) is 12.1 Å². The van der Waals surface area contributed by atoms with Crippen LogP contribution in [0, 0.1) is 5.92 Å². The van der Waals surface area contributed by atoms with E-state index in [2.05, 4.69) is 43.1 Å². The molecule has 1 heterocycles. The van der Waals surface area contributed by atoms with Crippen molar-refractivity contribution in [2.24, 2.45) is 5.92 Å². The molecule has 0 aliphatic carbocycles. The lowest BCUT2D eigenvalue weighted by atomic mass is 10.1. The molecule has 102 valence electrons. The van der Waals surface area contributed by atoms with E-state index in [-0.39, 0.29) is 6.61 Å². The van der Waals surface area contributed by atoms with Gasteiger partial charge in [-0.05, 0) is 33.0 Å². The second-order valence-corrected chi connectivity index (χ2v) is 5.49. The second kappa shape index (κ2) is 7.31. The number of aliphatic hydroxyl groups excluding tert-OH is 1. The molecule has 1 aliphatic heterocycles. The molecule has 0 amide bonds. The van der Waals surface area contributed by atoms with Gasteiger partial charge < -0.3 is 15.3 Å². The second-order valence-electron chi connectivity index (χ2n) is 5.49. The lowest BCUT2D eigenvalue weighted by molar-refractivity contribution is 0.218. The molecule has 3 unspecified atom stereocenters. The molecule has 0 spiro atoms. The molecule has 2 N–H and O–H groups in total. The minimum absolute atomic E-state index is 0.276. The first-order valence-corrected chi connectivity index (χ1v) is 6.81. The van der Waals surface area contributed by atoms with Crippen LogP contribution in [0.2, 0.25) is 0 Å². The fourth-order valence-electron chi connectivity index (χ4n) is 2.88. The molecule has 4 heteroatoms. The Balaban J connectivity index is 2.41. The highest BCUT2D eigenvalue weighted by atomic mass is 16.3. The third kappa shape index (κ3) is 4.54. The molecule has 4 nitrogen and oxygen atoms in total. The Hall–Kier alpha value is -0.160. The summed E-state index contributed by atoms with van der Waals surface area (Å²) in [5, 5.41) is 12.5. The first-order chi connectivity index (χ1) is 8.08. The number of aliphatic hydroxyl groups is 1. The summed E-state index contributed by atoms with van der Waals surface area (Å²) in [4.78, 5) is 4.86. The van der Waals surface area contributed by atoms with Crippen molar-refractivity contribution in [2.45, 2.75) is 32.4 Å². The molecule has 1 fully saturated rings. The molecule has 0 saturated carbocycles. The average molecular weight is 243 g/mol. The zero-order valence-electron chi connectivity index (χ0n) is 11.8. The summed E-state index contributed by atoms with van der Waals surface area (Å²) >= 11 is 0. The molecular weight excluding hydrogens is 214 g/mol. The Morgan fingerprint density at radius 2 is 2.12 bits per heavy atom. The van der Waals surface area contributed by atoms with Crippen LogP contribution in [0.3, 0.4) is 0 Å². The Kier molecular flexibility index (Phi) is 6.41. The van der Waals surface area contributed by atoms with E-state index in [9.17, 15) is 0 Å². The van der Waals surface area contributed by atoms with Gasteiger partial charge in [-0.25, -0.2) is 0 Å². The number of likely N-dealkylation sites (N-methyl/N-ethyl adjacent to an activating group) is 2. The van der Waals surface area contributed by atoms with Gasteiger partial charge in [0.05, 0.1) is 0 Å². The van der Waals surface area contributed by atoms with E-state index < -0.39 is 0 Å². The number of rotatable bonds is 7. The lowest BCUT2D eigenvalue weighted by Crippen LogP contribution is -2.42. The number of hydrogen-bond acceptors (Lipinski definition) is 4. The van der Waals surface area contributed by atoms with Crippen LogP contribution in [0.1, 0.15) is 20.3 Å². The van der Waals surface area contributed by atoms with E-state index in [1.165, 1.54) is 6.54 Å². The summed E-state index contributed by atoms with van der Waals surface area (Å²) in [6, 6.07) is 1.10. The maximum atomic E-state index is 9.06. The zero-order chi connectivity index (χ0) is 12.8. The lowest BCUT2D eigenvalue weighted by Gasteiger charge is -2.25. The van der Waals surface area contributed by atoms with Crippen molar-refractivity contribution < 1.29 is 5.11 Å². The molecule has 1 rings (SSSR count). The Morgan fingerprint density at radius 3 is 2.59 bits per heavy atom. The maximum Gasteiger partial charge on any atom is 0.0446 e. The van der Waals surface area contributed by atoms with Crippen LogP contribution < -0.4 is 5.32 Å². The highest BCUT2D eigenvalue weighted by Crippen LogP contribution is 2.20. The molecule has 0 aromatic heterocycles. The third-order valence-corrected chi connectivity index (χ3v) is 3.76. The van der Waals surface area contributed by atoms with Gasteiger partial charge in [0.15, 0.2) is 0 Å². The van der Waals surface area contributed by atoms with Gasteiger partial charge in [0.2, 0.25) is 0 Å². The Morgan fingerprint density at radius 1 is 1.41 bits per heavy atom. The summed E-state index contributed by atoms with van der Waals surface area (Å²) < 4.78 is 0. The van der Waals surface area contributed by atoms with Crippen LogP contribution >= 0.6 is 0 Å². The van der Waals surface area contributed by atoms with E-state index in [1.54, 1.807) is 0 Å². The van der Waals surface area contributed by atoms with Gasteiger partial charge in [-0.1, -0.05) is 13.8 Å². The topological polar surface area (TPSA) is 38.7 Å². The van der Waals surface area contributed by atoms with Crippen LogP contribution in [0.25, 0.3) is 0 Å². The van der Waals surface area contributed by atoms with E-state index in [0.717, 1.165) is 32.0 Å². The van der Waals surface area contributed by atoms with E-state index >= 15 is 0 Å². The fraction of sp³-hybridized carbons (Fsp3) is 1.00. The van der Waals surface area contributed by atoms with Gasteiger partial charge in [0.25, 0.3) is 0 Å². The van der Waals surface area contributed by atoms with Gasteiger partial charge in [-0.3, -0.25) is 4.90 Å². The SMILES string of the molecule is CCNC(CCO)CN1CC(C)C(N(C)C)C1. The highest BCUT2D eigenvalue weighted by molar-refractivity contribution is 4.88. The van der Waals surface area contributed by atoms with Crippen LogP contribution in [0.15, 0.2) is 0 Å². The van der Waals surface area contributed by atoms with Gasteiger partial charge >= 0.3 is 0 Å². The molecule has 0 aromatic carbocycles. The third-order valence-electron chi connectivity index (χ3n) is 3.76. The first kappa shape index (κ1) is 14.9. The predicted molar refractivity (Wildman–Crippen MR) is 72.2 cm³/mol. The fourth-order valence-corrected chi connectivity index (χ4v) is 2.88. The number of hydrogen-bond donors (Lipinski definition) is 2. The van der Waals surface area contributed by atoms with E-state index in [1.807, 2.05) is 0 Å². The summed E-state index contributed by atoms with van der Waals surface area (Å²) in [5.41, 5.74) is 0. The molecule has 0 bridgehead atoms. The number of likely N-dealkylation sites (tertiary alicyclic amines) is 1. The van der Waals surface area contributed by atoms with Crippen molar-refractivity contribution in [3.63, 3.8) is 0 Å². The highest BCUT2D eigenvalue weighted by Gasteiger charge is 2.31.